The van der Waals surface area contributed by atoms with E-state index < -0.39 is 0 Å². The average Bonchev–Trinajstić information content (AvgIpc) is 2.74. The number of pyridine rings is 1. The van der Waals surface area contributed by atoms with Gasteiger partial charge in [0.15, 0.2) is 5.58 Å². The number of nitrogen functional groups attached to an aromatic ring is 1. The summed E-state index contributed by atoms with van der Waals surface area (Å²) in [4.78, 5) is 8.51. The highest BCUT2D eigenvalue weighted by Crippen LogP contribution is 2.30. The minimum absolute atomic E-state index is 0.423. The number of aromatic nitrogens is 2. The van der Waals surface area contributed by atoms with Crippen LogP contribution < -0.4 is 5.73 Å². The van der Waals surface area contributed by atoms with Crippen LogP contribution in [0.5, 0.6) is 0 Å². The number of hydrogen-bond donors (Lipinski definition) is 1. The molecule has 0 atom stereocenters. The van der Waals surface area contributed by atoms with Gasteiger partial charge in [0.05, 0.1) is 10.7 Å². The molecule has 0 aliphatic carbocycles. The lowest BCUT2D eigenvalue weighted by molar-refractivity contribution is 0.618. The monoisotopic (exact) mass is 323 g/mol. The summed E-state index contributed by atoms with van der Waals surface area (Å²) in [6, 6.07) is 7.09. The first-order valence-electron chi connectivity index (χ1n) is 5.11. The lowest BCUT2D eigenvalue weighted by Gasteiger charge is -1.94. The van der Waals surface area contributed by atoms with Crippen LogP contribution in [0.1, 0.15) is 0 Å². The molecule has 0 saturated carbocycles. The van der Waals surface area contributed by atoms with Crippen LogP contribution in [0, 0.1) is 0 Å². The molecule has 4 nitrogen and oxygen atoms in total. The van der Waals surface area contributed by atoms with Crippen molar-refractivity contribution in [2.75, 3.05) is 5.73 Å². The Labute approximate surface area is 116 Å². The maximum Gasteiger partial charge on any atom is 0.246 e. The van der Waals surface area contributed by atoms with E-state index in [1.807, 2.05) is 6.07 Å². The average molecular weight is 325 g/mol. The third-order valence-electron chi connectivity index (χ3n) is 2.43. The van der Waals surface area contributed by atoms with Gasteiger partial charge in [0, 0.05) is 10.7 Å². The number of benzene rings is 1. The molecular weight excluding hydrogens is 318 g/mol. The van der Waals surface area contributed by atoms with Crippen molar-refractivity contribution < 1.29 is 4.42 Å². The topological polar surface area (TPSA) is 64.9 Å². The van der Waals surface area contributed by atoms with Crippen molar-refractivity contribution in [3.05, 3.63) is 40.0 Å². The van der Waals surface area contributed by atoms with Crippen LogP contribution in [0.2, 0.25) is 5.02 Å². The Morgan fingerprint density at radius 2 is 2.11 bits per heavy atom. The molecule has 0 unspecified atom stereocenters. The summed E-state index contributed by atoms with van der Waals surface area (Å²) in [6.07, 6.45) is 1.55. The molecule has 0 saturated heterocycles. The maximum atomic E-state index is 5.87. The van der Waals surface area contributed by atoms with Crippen LogP contribution in [-0.2, 0) is 0 Å². The molecule has 0 bridgehead atoms. The first-order chi connectivity index (χ1) is 8.63. The predicted octanol–water partition coefficient (Wildman–Crippen LogP) is 3.89. The third kappa shape index (κ3) is 1.95. The first-order valence-corrected chi connectivity index (χ1v) is 6.28. The van der Waals surface area contributed by atoms with Crippen molar-refractivity contribution in [2.45, 2.75) is 0 Å². The molecule has 6 heteroatoms. The van der Waals surface area contributed by atoms with Gasteiger partial charge in [-0.2, -0.15) is 0 Å². The Balaban J connectivity index is 2.19. The number of nitrogens with two attached hydrogens (primary N) is 1. The molecule has 1 aromatic carbocycles. The molecular formula is C12H7BrClN3O. The van der Waals surface area contributed by atoms with Crippen molar-refractivity contribution in [1.82, 2.24) is 9.97 Å². The van der Waals surface area contributed by atoms with Crippen LogP contribution in [0.3, 0.4) is 0 Å². The molecule has 0 amide bonds. The molecule has 2 aromatic heterocycles. The second-order valence-electron chi connectivity index (χ2n) is 3.72. The number of nitrogens with zero attached hydrogens (tertiary/aromatic N) is 2. The zero-order valence-corrected chi connectivity index (χ0v) is 11.4. The van der Waals surface area contributed by atoms with Gasteiger partial charge in [-0.05, 0) is 24.3 Å². The third-order valence-corrected chi connectivity index (χ3v) is 3.11. The Bertz CT molecular complexity index is 724. The van der Waals surface area contributed by atoms with Gasteiger partial charge in [-0.25, -0.2) is 9.97 Å². The lowest BCUT2D eigenvalue weighted by Crippen LogP contribution is -1.84. The Hall–Kier alpha value is -1.59. The van der Waals surface area contributed by atoms with Crippen molar-refractivity contribution in [2.24, 2.45) is 0 Å². The lowest BCUT2D eigenvalue weighted by atomic mass is 10.3. The van der Waals surface area contributed by atoms with Crippen molar-refractivity contribution in [3.63, 3.8) is 0 Å². The zero-order valence-electron chi connectivity index (χ0n) is 9.02. The number of halogens is 2. The van der Waals surface area contributed by atoms with Gasteiger partial charge >= 0.3 is 0 Å². The van der Waals surface area contributed by atoms with Crippen molar-refractivity contribution in [3.8, 4) is 11.6 Å². The summed E-state index contributed by atoms with van der Waals surface area (Å²) in [5.74, 6) is 0.423. The summed E-state index contributed by atoms with van der Waals surface area (Å²) in [5.41, 5.74) is 8.27. The van der Waals surface area contributed by atoms with Crippen LogP contribution in [-0.4, -0.2) is 9.97 Å². The molecule has 2 N–H and O–H groups in total. The Morgan fingerprint density at radius 1 is 1.28 bits per heavy atom. The van der Waals surface area contributed by atoms with Gasteiger partial charge < -0.3 is 10.2 Å². The second-order valence-corrected chi connectivity index (χ2v) is 5.08. The van der Waals surface area contributed by atoms with E-state index in [1.165, 1.54) is 0 Å². The van der Waals surface area contributed by atoms with E-state index in [9.17, 15) is 0 Å². The normalized spacial score (nSPS) is 11.0. The largest absolute Gasteiger partial charge is 0.432 e. The molecule has 0 fully saturated rings. The molecule has 2 heterocycles. The molecule has 0 aliphatic rings. The van der Waals surface area contributed by atoms with E-state index in [-0.39, 0.29) is 0 Å². The fourth-order valence-corrected chi connectivity index (χ4v) is 2.21. The molecule has 3 aromatic rings. The summed E-state index contributed by atoms with van der Waals surface area (Å²) in [5, 5.41) is 0.567. The van der Waals surface area contributed by atoms with Gasteiger partial charge in [0.1, 0.15) is 11.2 Å². The number of rotatable bonds is 1. The van der Waals surface area contributed by atoms with Crippen molar-refractivity contribution in [1.29, 1.82) is 0 Å². The summed E-state index contributed by atoms with van der Waals surface area (Å²) < 4.78 is 6.47. The number of hydrogen-bond acceptors (Lipinski definition) is 4. The highest BCUT2D eigenvalue weighted by Gasteiger charge is 2.12. The smallest absolute Gasteiger partial charge is 0.246 e. The highest BCUT2D eigenvalue weighted by atomic mass is 79.9. The number of anilines is 1. The second kappa shape index (κ2) is 4.26. The fourth-order valence-electron chi connectivity index (χ4n) is 1.63. The summed E-state index contributed by atoms with van der Waals surface area (Å²) >= 11 is 9.15. The highest BCUT2D eigenvalue weighted by molar-refractivity contribution is 9.10. The van der Waals surface area contributed by atoms with Crippen LogP contribution in [0.4, 0.5) is 5.69 Å². The molecule has 3 rings (SSSR count). The van der Waals surface area contributed by atoms with E-state index in [2.05, 4.69) is 25.9 Å². The maximum absolute atomic E-state index is 5.87. The van der Waals surface area contributed by atoms with Gasteiger partial charge in [-0.15, -0.1) is 0 Å². The predicted molar refractivity (Wildman–Crippen MR) is 74.4 cm³/mol. The SMILES string of the molecule is Nc1cc(Br)cc2nc(-c3ccc(Cl)cn3)oc12. The fraction of sp³-hybridized carbons (Fsp3) is 0. The molecule has 0 aliphatic heterocycles. The van der Waals surface area contributed by atoms with Gasteiger partial charge in [0.25, 0.3) is 0 Å². The zero-order chi connectivity index (χ0) is 12.7. The molecule has 0 radical (unpaired) electrons. The Morgan fingerprint density at radius 3 is 2.83 bits per heavy atom. The van der Waals surface area contributed by atoms with Crippen LogP contribution in [0.15, 0.2) is 39.4 Å². The van der Waals surface area contributed by atoms with E-state index in [4.69, 9.17) is 21.8 Å². The quantitative estimate of drug-likeness (QED) is 0.690. The standard InChI is InChI=1S/C12H7BrClN3O/c13-6-3-8(15)11-10(4-6)17-12(18-11)9-2-1-7(14)5-16-9/h1-5H,15H2. The Kier molecular flexibility index (Phi) is 2.72. The minimum atomic E-state index is 0.423. The van der Waals surface area contributed by atoms with Crippen LogP contribution >= 0.6 is 27.5 Å². The summed E-state index contributed by atoms with van der Waals surface area (Å²) in [7, 11) is 0. The first kappa shape index (κ1) is 11.5. The minimum Gasteiger partial charge on any atom is -0.432 e. The molecule has 0 spiro atoms. The number of fused-ring (bicyclic) bond motifs is 1. The van der Waals surface area contributed by atoms with E-state index in [0.29, 0.717) is 33.4 Å². The van der Waals surface area contributed by atoms with Gasteiger partial charge in [0.2, 0.25) is 5.89 Å². The van der Waals surface area contributed by atoms with E-state index in [0.717, 1.165) is 4.47 Å². The number of oxazole rings is 1. The summed E-state index contributed by atoms with van der Waals surface area (Å²) in [6.45, 7) is 0. The van der Waals surface area contributed by atoms with Gasteiger partial charge in [-0.3, -0.25) is 0 Å². The van der Waals surface area contributed by atoms with E-state index in [1.54, 1.807) is 24.4 Å². The van der Waals surface area contributed by atoms with Crippen molar-refractivity contribution >= 4 is 44.3 Å². The van der Waals surface area contributed by atoms with Gasteiger partial charge in [-0.1, -0.05) is 27.5 Å². The van der Waals surface area contributed by atoms with E-state index >= 15 is 0 Å². The molecule has 18 heavy (non-hydrogen) atoms. The van der Waals surface area contributed by atoms with Crippen LogP contribution in [0.25, 0.3) is 22.7 Å². The molecule has 90 valence electrons.